The predicted molar refractivity (Wildman–Crippen MR) is 69.1 cm³/mol. The third-order valence-corrected chi connectivity index (χ3v) is 2.74. The standard InChI is InChI=1S/C13H16N4O2/c1-9-16-12(17-19-9)8-15-13(18)11(7-14)10-5-3-2-4-6-10/h2-6,11H,7-8,14H2,1H3,(H,15,18). The molecule has 1 unspecified atom stereocenters. The SMILES string of the molecule is Cc1nc(CNC(=O)C(CN)c2ccccc2)no1. The molecule has 3 N–H and O–H groups in total. The van der Waals surface area contributed by atoms with Gasteiger partial charge >= 0.3 is 0 Å². The van der Waals surface area contributed by atoms with E-state index >= 15 is 0 Å². The average molecular weight is 260 g/mol. The summed E-state index contributed by atoms with van der Waals surface area (Å²) in [5.74, 6) is 0.419. The molecule has 6 heteroatoms. The maximum absolute atomic E-state index is 12.1. The molecule has 2 rings (SSSR count). The lowest BCUT2D eigenvalue weighted by molar-refractivity contribution is -0.122. The molecule has 0 bridgehead atoms. The van der Waals surface area contributed by atoms with Crippen LogP contribution in [0.3, 0.4) is 0 Å². The molecule has 1 aromatic carbocycles. The van der Waals surface area contributed by atoms with Gasteiger partial charge in [0.2, 0.25) is 11.8 Å². The Kier molecular flexibility index (Phi) is 4.25. The number of aromatic nitrogens is 2. The van der Waals surface area contributed by atoms with Gasteiger partial charge < -0.3 is 15.6 Å². The van der Waals surface area contributed by atoms with Gasteiger partial charge in [0.1, 0.15) is 0 Å². The highest BCUT2D eigenvalue weighted by atomic mass is 16.5. The van der Waals surface area contributed by atoms with Gasteiger partial charge in [0.25, 0.3) is 0 Å². The first-order chi connectivity index (χ1) is 9.20. The predicted octanol–water partition coefficient (Wildman–Crippen LogP) is 0.737. The fourth-order valence-electron chi connectivity index (χ4n) is 1.78. The number of nitrogens with zero attached hydrogens (tertiary/aromatic N) is 2. The van der Waals surface area contributed by atoms with Crippen molar-refractivity contribution in [2.45, 2.75) is 19.4 Å². The van der Waals surface area contributed by atoms with Gasteiger partial charge in [-0.1, -0.05) is 35.5 Å². The number of aryl methyl sites for hydroxylation is 1. The van der Waals surface area contributed by atoms with E-state index in [9.17, 15) is 4.79 Å². The van der Waals surface area contributed by atoms with Gasteiger partial charge in [-0.2, -0.15) is 4.98 Å². The van der Waals surface area contributed by atoms with Crippen LogP contribution in [0.2, 0.25) is 0 Å². The van der Waals surface area contributed by atoms with E-state index in [-0.39, 0.29) is 24.9 Å². The lowest BCUT2D eigenvalue weighted by atomic mass is 9.98. The van der Waals surface area contributed by atoms with Crippen molar-refractivity contribution >= 4 is 5.91 Å². The molecule has 2 aromatic rings. The summed E-state index contributed by atoms with van der Waals surface area (Å²) < 4.78 is 4.83. The Labute approximate surface area is 111 Å². The fourth-order valence-corrected chi connectivity index (χ4v) is 1.78. The van der Waals surface area contributed by atoms with Crippen LogP contribution in [0.5, 0.6) is 0 Å². The molecule has 0 aliphatic heterocycles. The van der Waals surface area contributed by atoms with Crippen LogP contribution in [0.1, 0.15) is 23.2 Å². The second kappa shape index (κ2) is 6.10. The summed E-state index contributed by atoms with van der Waals surface area (Å²) in [5, 5.41) is 6.47. The summed E-state index contributed by atoms with van der Waals surface area (Å²) >= 11 is 0. The highest BCUT2D eigenvalue weighted by Crippen LogP contribution is 2.14. The zero-order valence-electron chi connectivity index (χ0n) is 10.7. The first-order valence-corrected chi connectivity index (χ1v) is 6.02. The van der Waals surface area contributed by atoms with Crippen LogP contribution in [0.25, 0.3) is 0 Å². The van der Waals surface area contributed by atoms with Crippen molar-refractivity contribution < 1.29 is 9.32 Å². The highest BCUT2D eigenvalue weighted by Gasteiger charge is 2.18. The van der Waals surface area contributed by atoms with Gasteiger partial charge in [0.05, 0.1) is 12.5 Å². The van der Waals surface area contributed by atoms with Gasteiger partial charge in [-0.25, -0.2) is 0 Å². The molecule has 1 amide bonds. The molecule has 6 nitrogen and oxygen atoms in total. The van der Waals surface area contributed by atoms with Gasteiger partial charge in [0.15, 0.2) is 5.82 Å². The molecule has 0 aliphatic carbocycles. The van der Waals surface area contributed by atoms with Crippen molar-refractivity contribution in [3.05, 3.63) is 47.6 Å². The number of benzene rings is 1. The second-order valence-corrected chi connectivity index (χ2v) is 4.15. The van der Waals surface area contributed by atoms with Crippen LogP contribution in [0.15, 0.2) is 34.9 Å². The summed E-state index contributed by atoms with van der Waals surface area (Å²) in [6.07, 6.45) is 0. The van der Waals surface area contributed by atoms with Crippen LogP contribution in [0.4, 0.5) is 0 Å². The van der Waals surface area contributed by atoms with Crippen LogP contribution < -0.4 is 11.1 Å². The average Bonchev–Trinajstić information content (AvgIpc) is 2.84. The molecule has 0 aliphatic rings. The molecule has 0 saturated carbocycles. The normalized spacial score (nSPS) is 12.1. The van der Waals surface area contributed by atoms with E-state index in [1.807, 2.05) is 30.3 Å². The molecule has 0 fully saturated rings. The zero-order chi connectivity index (χ0) is 13.7. The topological polar surface area (TPSA) is 94.0 Å². The molecule has 1 heterocycles. The summed E-state index contributed by atoms with van der Waals surface area (Å²) in [5.41, 5.74) is 6.56. The van der Waals surface area contributed by atoms with Crippen molar-refractivity contribution in [2.24, 2.45) is 5.73 Å². The van der Waals surface area contributed by atoms with Crippen molar-refractivity contribution in [2.75, 3.05) is 6.54 Å². The van der Waals surface area contributed by atoms with Crippen molar-refractivity contribution in [1.82, 2.24) is 15.5 Å². The maximum atomic E-state index is 12.1. The maximum Gasteiger partial charge on any atom is 0.229 e. The minimum absolute atomic E-state index is 0.142. The van der Waals surface area contributed by atoms with Crippen LogP contribution in [-0.4, -0.2) is 22.6 Å². The number of nitrogens with one attached hydrogen (secondary N) is 1. The minimum atomic E-state index is -0.366. The molecule has 0 spiro atoms. The monoisotopic (exact) mass is 260 g/mol. The van der Waals surface area contributed by atoms with Gasteiger partial charge in [-0.15, -0.1) is 0 Å². The Balaban J connectivity index is 1.98. The zero-order valence-corrected chi connectivity index (χ0v) is 10.7. The number of rotatable bonds is 5. The molecule has 0 radical (unpaired) electrons. The number of amides is 1. The van der Waals surface area contributed by atoms with E-state index in [2.05, 4.69) is 15.5 Å². The Bertz CT molecular complexity index is 539. The molecule has 19 heavy (non-hydrogen) atoms. The number of carbonyl (C=O) groups is 1. The molecule has 100 valence electrons. The van der Waals surface area contributed by atoms with Crippen molar-refractivity contribution in [3.8, 4) is 0 Å². The summed E-state index contributed by atoms with van der Waals surface area (Å²) in [6, 6.07) is 9.43. The number of nitrogens with two attached hydrogens (primary N) is 1. The van der Waals surface area contributed by atoms with E-state index in [0.717, 1.165) is 5.56 Å². The quantitative estimate of drug-likeness (QED) is 0.826. The third kappa shape index (κ3) is 3.38. The summed E-state index contributed by atoms with van der Waals surface area (Å²) in [4.78, 5) is 16.1. The second-order valence-electron chi connectivity index (χ2n) is 4.15. The van der Waals surface area contributed by atoms with Gasteiger partial charge in [-0.05, 0) is 5.56 Å². The third-order valence-electron chi connectivity index (χ3n) is 2.74. The van der Waals surface area contributed by atoms with Crippen LogP contribution in [-0.2, 0) is 11.3 Å². The summed E-state index contributed by atoms with van der Waals surface area (Å²) in [6.45, 7) is 2.19. The van der Waals surface area contributed by atoms with Gasteiger partial charge in [0, 0.05) is 13.5 Å². The summed E-state index contributed by atoms with van der Waals surface area (Å²) in [7, 11) is 0. The number of carbonyl (C=O) groups excluding carboxylic acids is 1. The molecular formula is C13H16N4O2. The lowest BCUT2D eigenvalue weighted by Gasteiger charge is -2.14. The number of hydrogen-bond acceptors (Lipinski definition) is 5. The van der Waals surface area contributed by atoms with E-state index in [1.165, 1.54) is 0 Å². The Morgan fingerprint density at radius 1 is 1.42 bits per heavy atom. The van der Waals surface area contributed by atoms with Crippen LogP contribution >= 0.6 is 0 Å². The molecule has 1 aromatic heterocycles. The van der Waals surface area contributed by atoms with E-state index in [4.69, 9.17) is 10.3 Å². The number of hydrogen-bond donors (Lipinski definition) is 2. The lowest BCUT2D eigenvalue weighted by Crippen LogP contribution is -2.33. The van der Waals surface area contributed by atoms with E-state index < -0.39 is 0 Å². The Hall–Kier alpha value is -2.21. The Morgan fingerprint density at radius 3 is 2.74 bits per heavy atom. The largest absolute Gasteiger partial charge is 0.348 e. The smallest absolute Gasteiger partial charge is 0.229 e. The molecular weight excluding hydrogens is 244 g/mol. The fraction of sp³-hybridized carbons (Fsp3) is 0.308. The van der Waals surface area contributed by atoms with Crippen LogP contribution in [0, 0.1) is 6.92 Å². The first-order valence-electron chi connectivity index (χ1n) is 6.02. The van der Waals surface area contributed by atoms with Gasteiger partial charge in [-0.3, -0.25) is 4.79 Å². The Morgan fingerprint density at radius 2 is 2.16 bits per heavy atom. The van der Waals surface area contributed by atoms with Crippen molar-refractivity contribution in [1.29, 1.82) is 0 Å². The first kappa shape index (κ1) is 13.2. The highest BCUT2D eigenvalue weighted by molar-refractivity contribution is 5.83. The minimum Gasteiger partial charge on any atom is -0.348 e. The molecule has 0 saturated heterocycles. The van der Waals surface area contributed by atoms with Crippen molar-refractivity contribution in [3.63, 3.8) is 0 Å². The van der Waals surface area contributed by atoms with E-state index in [0.29, 0.717) is 11.7 Å². The van der Waals surface area contributed by atoms with E-state index in [1.54, 1.807) is 6.92 Å². The molecule has 1 atom stereocenters.